The molecule has 3 rings (SSSR count). The zero-order valence-electron chi connectivity index (χ0n) is 14.9. The van der Waals surface area contributed by atoms with Gasteiger partial charge in [0.05, 0.1) is 16.8 Å². The Hall–Kier alpha value is -2.93. The highest BCUT2D eigenvalue weighted by Gasteiger charge is 2.16. The van der Waals surface area contributed by atoms with Gasteiger partial charge in [0.25, 0.3) is 11.8 Å². The lowest BCUT2D eigenvalue weighted by atomic mass is 10.2. The van der Waals surface area contributed by atoms with E-state index < -0.39 is 11.8 Å². The van der Waals surface area contributed by atoms with Gasteiger partial charge in [-0.05, 0) is 47.4 Å². The summed E-state index contributed by atoms with van der Waals surface area (Å²) in [4.78, 5) is 26.0. The van der Waals surface area contributed by atoms with E-state index in [4.69, 9.17) is 23.2 Å². The molecule has 0 fully saturated rings. The fourth-order valence-corrected chi connectivity index (χ4v) is 3.29. The molecule has 0 radical (unpaired) electrons. The SMILES string of the molecule is O=C(N/N=C/c1ccc(Cl)cc1)/C(=C\c1cccs1)NC(=O)c1ccccc1Cl. The molecule has 1 heterocycles. The highest BCUT2D eigenvalue weighted by atomic mass is 35.5. The Balaban J connectivity index is 1.76. The van der Waals surface area contributed by atoms with Gasteiger partial charge >= 0.3 is 0 Å². The van der Waals surface area contributed by atoms with Crippen LogP contribution in [0.3, 0.4) is 0 Å². The molecule has 5 nitrogen and oxygen atoms in total. The van der Waals surface area contributed by atoms with Crippen LogP contribution in [0.25, 0.3) is 6.08 Å². The number of thiophene rings is 1. The van der Waals surface area contributed by atoms with E-state index in [0.29, 0.717) is 10.0 Å². The van der Waals surface area contributed by atoms with Crippen LogP contribution in [0.2, 0.25) is 10.0 Å². The van der Waals surface area contributed by atoms with Crippen molar-refractivity contribution >= 4 is 58.6 Å². The van der Waals surface area contributed by atoms with Crippen molar-refractivity contribution in [3.05, 3.63) is 97.8 Å². The van der Waals surface area contributed by atoms with Gasteiger partial charge in [-0.3, -0.25) is 9.59 Å². The number of nitrogens with one attached hydrogen (secondary N) is 2. The summed E-state index contributed by atoms with van der Waals surface area (Å²) >= 11 is 13.4. The predicted octanol–water partition coefficient (Wildman–Crippen LogP) is 4.98. The maximum atomic E-state index is 12.6. The first-order valence-corrected chi connectivity index (χ1v) is 10.1. The summed E-state index contributed by atoms with van der Waals surface area (Å²) in [5, 5.41) is 9.32. The average molecular weight is 444 g/mol. The van der Waals surface area contributed by atoms with Gasteiger partial charge in [0.15, 0.2) is 0 Å². The number of hydrazone groups is 1. The van der Waals surface area contributed by atoms with Gasteiger partial charge in [-0.25, -0.2) is 5.43 Å². The quantitative estimate of drug-likeness (QED) is 0.320. The summed E-state index contributed by atoms with van der Waals surface area (Å²) in [7, 11) is 0. The minimum Gasteiger partial charge on any atom is -0.317 e. The van der Waals surface area contributed by atoms with Crippen LogP contribution in [0.15, 0.2) is 76.8 Å². The van der Waals surface area contributed by atoms with Crippen molar-refractivity contribution in [3.8, 4) is 0 Å². The highest BCUT2D eigenvalue weighted by Crippen LogP contribution is 2.17. The average Bonchev–Trinajstić information content (AvgIpc) is 3.22. The van der Waals surface area contributed by atoms with Crippen LogP contribution in [-0.4, -0.2) is 18.0 Å². The predicted molar refractivity (Wildman–Crippen MR) is 118 cm³/mol. The number of benzene rings is 2. The smallest absolute Gasteiger partial charge is 0.287 e. The molecule has 0 aliphatic rings. The number of nitrogens with zero attached hydrogens (tertiary/aromatic N) is 1. The third-order valence-electron chi connectivity index (χ3n) is 3.69. The third-order valence-corrected chi connectivity index (χ3v) is 5.09. The minimum atomic E-state index is -0.566. The zero-order chi connectivity index (χ0) is 20.6. The lowest BCUT2D eigenvalue weighted by Crippen LogP contribution is -2.32. The van der Waals surface area contributed by atoms with Gasteiger partial charge in [0.2, 0.25) is 0 Å². The number of carbonyl (C=O) groups is 2. The van der Waals surface area contributed by atoms with E-state index in [1.165, 1.54) is 17.6 Å². The minimum absolute atomic E-state index is 0.0469. The number of carbonyl (C=O) groups excluding carboxylic acids is 2. The Labute approximate surface area is 181 Å². The molecule has 0 saturated carbocycles. The van der Waals surface area contributed by atoms with Crippen molar-refractivity contribution in [1.82, 2.24) is 10.7 Å². The van der Waals surface area contributed by atoms with Gasteiger partial charge in [0.1, 0.15) is 5.70 Å². The molecule has 0 bridgehead atoms. The summed E-state index contributed by atoms with van der Waals surface area (Å²) in [5.41, 5.74) is 3.49. The normalized spacial score (nSPS) is 11.4. The number of halogens is 2. The molecule has 1 aromatic heterocycles. The summed E-state index contributed by atoms with van der Waals surface area (Å²) < 4.78 is 0. The first kappa shape index (κ1) is 20.8. The molecular formula is C21H15Cl2N3O2S. The molecule has 0 aliphatic heterocycles. The van der Waals surface area contributed by atoms with Gasteiger partial charge in [-0.1, -0.05) is 53.5 Å². The molecule has 2 aromatic carbocycles. The second-order valence-electron chi connectivity index (χ2n) is 5.76. The molecule has 3 aromatic rings. The van der Waals surface area contributed by atoms with Crippen LogP contribution in [0.5, 0.6) is 0 Å². The van der Waals surface area contributed by atoms with Gasteiger partial charge in [-0.2, -0.15) is 5.10 Å². The molecule has 2 amide bonds. The number of amides is 2. The fourth-order valence-electron chi connectivity index (χ4n) is 2.28. The van der Waals surface area contributed by atoms with E-state index in [-0.39, 0.29) is 11.3 Å². The summed E-state index contributed by atoms with van der Waals surface area (Å²) in [5.74, 6) is -1.06. The Kier molecular flexibility index (Phi) is 7.19. The molecule has 0 unspecified atom stereocenters. The molecule has 146 valence electrons. The monoisotopic (exact) mass is 443 g/mol. The van der Waals surface area contributed by atoms with Crippen molar-refractivity contribution in [2.45, 2.75) is 0 Å². The van der Waals surface area contributed by atoms with Crippen LogP contribution in [0.1, 0.15) is 20.8 Å². The standard InChI is InChI=1S/C21H15Cl2N3O2S/c22-15-9-7-14(8-10-15)13-24-26-21(28)19(12-16-4-3-11-29-16)25-20(27)17-5-1-2-6-18(17)23/h1-13H,(H,25,27)(H,26,28)/b19-12+,24-13+. The van der Waals surface area contributed by atoms with E-state index in [9.17, 15) is 9.59 Å². The van der Waals surface area contributed by atoms with Crippen molar-refractivity contribution in [3.63, 3.8) is 0 Å². The van der Waals surface area contributed by atoms with Crippen molar-refractivity contribution in [1.29, 1.82) is 0 Å². The summed E-state index contributed by atoms with van der Waals surface area (Å²) in [6.45, 7) is 0. The maximum Gasteiger partial charge on any atom is 0.287 e. The van der Waals surface area contributed by atoms with Crippen LogP contribution in [-0.2, 0) is 4.79 Å². The number of rotatable bonds is 6. The molecule has 0 aliphatic carbocycles. The Bertz CT molecular complexity index is 1060. The van der Waals surface area contributed by atoms with E-state index in [2.05, 4.69) is 15.8 Å². The number of hydrogen-bond donors (Lipinski definition) is 2. The Morgan fingerprint density at radius 1 is 0.966 bits per heavy atom. The Morgan fingerprint density at radius 3 is 2.41 bits per heavy atom. The third kappa shape index (κ3) is 6.02. The van der Waals surface area contributed by atoms with Crippen molar-refractivity contribution < 1.29 is 9.59 Å². The van der Waals surface area contributed by atoms with Gasteiger partial charge in [-0.15, -0.1) is 11.3 Å². The molecule has 0 saturated heterocycles. The molecule has 2 N–H and O–H groups in total. The molecule has 0 atom stereocenters. The summed E-state index contributed by atoms with van der Waals surface area (Å²) in [6, 6.07) is 17.2. The van der Waals surface area contributed by atoms with Gasteiger partial charge < -0.3 is 5.32 Å². The topological polar surface area (TPSA) is 70.6 Å². The molecule has 0 spiro atoms. The molecular weight excluding hydrogens is 429 g/mol. The van der Waals surface area contributed by atoms with E-state index in [1.807, 2.05) is 17.5 Å². The largest absolute Gasteiger partial charge is 0.317 e. The zero-order valence-corrected chi connectivity index (χ0v) is 17.3. The fraction of sp³-hybridized carbons (Fsp3) is 0. The molecule has 8 heteroatoms. The first-order chi connectivity index (χ1) is 14.0. The van der Waals surface area contributed by atoms with Crippen LogP contribution in [0, 0.1) is 0 Å². The molecule has 29 heavy (non-hydrogen) atoms. The number of hydrogen-bond acceptors (Lipinski definition) is 4. The van der Waals surface area contributed by atoms with Crippen LogP contribution < -0.4 is 10.7 Å². The lowest BCUT2D eigenvalue weighted by Gasteiger charge is -2.09. The highest BCUT2D eigenvalue weighted by molar-refractivity contribution is 7.10. The second-order valence-corrected chi connectivity index (χ2v) is 7.58. The Morgan fingerprint density at radius 2 is 1.72 bits per heavy atom. The van der Waals surface area contributed by atoms with Crippen molar-refractivity contribution in [2.75, 3.05) is 0 Å². The van der Waals surface area contributed by atoms with E-state index in [0.717, 1.165) is 10.4 Å². The maximum absolute atomic E-state index is 12.6. The lowest BCUT2D eigenvalue weighted by molar-refractivity contribution is -0.117. The van der Waals surface area contributed by atoms with Gasteiger partial charge in [0, 0.05) is 9.90 Å². The van der Waals surface area contributed by atoms with Crippen molar-refractivity contribution in [2.24, 2.45) is 5.10 Å². The summed E-state index contributed by atoms with van der Waals surface area (Å²) in [6.07, 6.45) is 3.05. The van der Waals surface area contributed by atoms with E-state index >= 15 is 0 Å². The first-order valence-electron chi connectivity index (χ1n) is 8.43. The van der Waals surface area contributed by atoms with Crippen LogP contribution in [0.4, 0.5) is 0 Å². The van der Waals surface area contributed by atoms with Crippen LogP contribution >= 0.6 is 34.5 Å². The second kappa shape index (κ2) is 10.0. The van der Waals surface area contributed by atoms with E-state index in [1.54, 1.807) is 54.6 Å².